The first kappa shape index (κ1) is 20.2. The fourth-order valence-corrected chi connectivity index (χ4v) is 4.31. The molecule has 1 unspecified atom stereocenters. The molecule has 0 amide bonds. The summed E-state index contributed by atoms with van der Waals surface area (Å²) in [4.78, 5) is 0.466. The molecule has 1 atom stereocenters. The van der Waals surface area contributed by atoms with Crippen LogP contribution in [0.1, 0.15) is 41.9 Å². The van der Waals surface area contributed by atoms with Gasteiger partial charge in [0, 0.05) is 9.58 Å². The lowest BCUT2D eigenvalue weighted by atomic mass is 10.00. The van der Waals surface area contributed by atoms with Gasteiger partial charge in [-0.3, -0.25) is 0 Å². The van der Waals surface area contributed by atoms with E-state index in [9.17, 15) is 18.3 Å². The lowest BCUT2D eigenvalue weighted by Gasteiger charge is -2.19. The van der Waals surface area contributed by atoms with Crippen molar-refractivity contribution < 1.29 is 23.0 Å². The van der Waals surface area contributed by atoms with E-state index in [0.717, 1.165) is 29.0 Å². The molecule has 3 rings (SSSR count). The van der Waals surface area contributed by atoms with Crippen LogP contribution in [0.3, 0.4) is 0 Å². The van der Waals surface area contributed by atoms with E-state index in [4.69, 9.17) is 4.74 Å². The molecule has 2 aromatic carbocycles. The van der Waals surface area contributed by atoms with Gasteiger partial charge in [-0.15, -0.1) is 11.3 Å². The molecule has 0 spiro atoms. The number of fused-ring (bicyclic) bond motifs is 1. The smallest absolute Gasteiger partial charge is 0.416 e. The van der Waals surface area contributed by atoms with Crippen molar-refractivity contribution in [2.75, 3.05) is 6.61 Å². The Morgan fingerprint density at radius 1 is 1.19 bits per heavy atom. The number of halogens is 4. The summed E-state index contributed by atoms with van der Waals surface area (Å²) < 4.78 is 47.7. The highest BCUT2D eigenvalue weighted by atomic mass is 79.9. The largest absolute Gasteiger partial charge is 0.492 e. The molecule has 0 aliphatic carbocycles. The molecule has 27 heavy (non-hydrogen) atoms. The van der Waals surface area contributed by atoms with E-state index in [2.05, 4.69) is 15.9 Å². The van der Waals surface area contributed by atoms with Gasteiger partial charge < -0.3 is 9.84 Å². The zero-order valence-corrected chi connectivity index (χ0v) is 16.9. The lowest BCUT2D eigenvalue weighted by molar-refractivity contribution is -0.139. The average molecular weight is 459 g/mol. The van der Waals surface area contributed by atoms with E-state index in [-0.39, 0.29) is 11.3 Å². The summed E-state index contributed by atoms with van der Waals surface area (Å²) in [7, 11) is 0. The quantitative estimate of drug-likeness (QED) is 0.405. The van der Waals surface area contributed by atoms with Crippen LogP contribution in [-0.2, 0) is 6.18 Å². The fourth-order valence-electron chi connectivity index (χ4n) is 2.77. The summed E-state index contributed by atoms with van der Waals surface area (Å²) in [5.41, 5.74) is -1.08. The highest BCUT2D eigenvalue weighted by molar-refractivity contribution is 9.10. The van der Waals surface area contributed by atoms with Crippen LogP contribution in [0.15, 0.2) is 46.9 Å². The topological polar surface area (TPSA) is 29.5 Å². The molecule has 3 aromatic rings. The molecule has 0 aliphatic rings. The summed E-state index contributed by atoms with van der Waals surface area (Å²) in [5.74, 6) is 0.128. The van der Waals surface area contributed by atoms with Crippen LogP contribution in [-0.4, -0.2) is 11.7 Å². The summed E-state index contributed by atoms with van der Waals surface area (Å²) in [6.45, 7) is 2.31. The van der Waals surface area contributed by atoms with Crippen LogP contribution >= 0.6 is 27.3 Å². The van der Waals surface area contributed by atoms with Crippen molar-refractivity contribution in [2.45, 2.75) is 32.0 Å². The van der Waals surface area contributed by atoms with Crippen LogP contribution in [0.2, 0.25) is 0 Å². The van der Waals surface area contributed by atoms with Crippen LogP contribution < -0.4 is 4.74 Å². The maximum absolute atomic E-state index is 13.7. The SMILES string of the molecule is CCCCOc1cc(C(F)(F)F)c(C(O)c2cc3ccccc3s2)cc1Br. The molecule has 0 aliphatic heterocycles. The van der Waals surface area contributed by atoms with Crippen LogP contribution in [0.4, 0.5) is 13.2 Å². The van der Waals surface area contributed by atoms with E-state index in [1.54, 1.807) is 6.07 Å². The van der Waals surface area contributed by atoms with Gasteiger partial charge in [-0.2, -0.15) is 13.2 Å². The van der Waals surface area contributed by atoms with Gasteiger partial charge in [0.15, 0.2) is 0 Å². The predicted octanol–water partition coefficient (Wildman–Crippen LogP) is 6.94. The Bertz CT molecular complexity index is 904. The fraction of sp³-hybridized carbons (Fsp3) is 0.300. The van der Waals surface area contributed by atoms with Crippen molar-refractivity contribution in [3.05, 3.63) is 62.9 Å². The summed E-state index contributed by atoms with van der Waals surface area (Å²) in [6, 6.07) is 11.4. The normalized spacial score (nSPS) is 13.1. The van der Waals surface area contributed by atoms with Gasteiger partial charge in [-0.25, -0.2) is 0 Å². The molecule has 0 fully saturated rings. The van der Waals surface area contributed by atoms with E-state index in [1.807, 2.05) is 31.2 Å². The second kappa shape index (κ2) is 8.20. The van der Waals surface area contributed by atoms with Gasteiger partial charge >= 0.3 is 6.18 Å². The number of hydrogen-bond acceptors (Lipinski definition) is 3. The number of rotatable bonds is 6. The third-order valence-corrected chi connectivity index (χ3v) is 5.96. The molecule has 1 aromatic heterocycles. The molecule has 0 saturated heterocycles. The van der Waals surface area contributed by atoms with Gasteiger partial charge in [0.1, 0.15) is 11.9 Å². The number of thiophene rings is 1. The number of aliphatic hydroxyl groups is 1. The Balaban J connectivity index is 2.03. The lowest BCUT2D eigenvalue weighted by Crippen LogP contribution is -2.13. The zero-order chi connectivity index (χ0) is 19.6. The molecule has 0 radical (unpaired) electrons. The monoisotopic (exact) mass is 458 g/mol. The van der Waals surface area contributed by atoms with Gasteiger partial charge in [-0.05, 0) is 57.6 Å². The van der Waals surface area contributed by atoms with Gasteiger partial charge in [0.25, 0.3) is 0 Å². The van der Waals surface area contributed by atoms with Crippen molar-refractivity contribution in [1.29, 1.82) is 0 Å². The number of unbranched alkanes of at least 4 members (excludes halogenated alkanes) is 1. The maximum atomic E-state index is 13.7. The minimum Gasteiger partial charge on any atom is -0.492 e. The van der Waals surface area contributed by atoms with Gasteiger partial charge in [-0.1, -0.05) is 31.5 Å². The van der Waals surface area contributed by atoms with Crippen molar-refractivity contribution in [1.82, 2.24) is 0 Å². The molecule has 1 heterocycles. The Kier molecular flexibility index (Phi) is 6.13. The maximum Gasteiger partial charge on any atom is 0.416 e. The number of aliphatic hydroxyl groups excluding tert-OH is 1. The summed E-state index contributed by atoms with van der Waals surface area (Å²) >= 11 is 4.56. The predicted molar refractivity (Wildman–Crippen MR) is 105 cm³/mol. The molecule has 0 bridgehead atoms. The van der Waals surface area contributed by atoms with Crippen molar-refractivity contribution >= 4 is 37.4 Å². The number of benzene rings is 2. The van der Waals surface area contributed by atoms with E-state index in [1.165, 1.54) is 17.4 Å². The molecule has 0 saturated carbocycles. The Labute approximate surface area is 167 Å². The van der Waals surface area contributed by atoms with E-state index < -0.39 is 17.8 Å². The van der Waals surface area contributed by atoms with E-state index >= 15 is 0 Å². The molecule has 1 N–H and O–H groups in total. The van der Waals surface area contributed by atoms with Crippen LogP contribution in [0.25, 0.3) is 10.1 Å². The molecule has 144 valence electrons. The second-order valence-corrected chi connectivity index (χ2v) is 8.13. The average Bonchev–Trinajstić information content (AvgIpc) is 3.05. The zero-order valence-electron chi connectivity index (χ0n) is 14.5. The van der Waals surface area contributed by atoms with Crippen LogP contribution in [0, 0.1) is 0 Å². The first-order valence-electron chi connectivity index (χ1n) is 8.51. The standard InChI is InChI=1S/C20H18BrF3O2S/c1-2-3-8-26-16-11-14(20(22,23)24)13(10-15(16)21)19(25)18-9-12-6-4-5-7-17(12)27-18/h4-7,9-11,19,25H,2-3,8H2,1H3. The first-order chi connectivity index (χ1) is 12.8. The van der Waals surface area contributed by atoms with E-state index in [0.29, 0.717) is 16.0 Å². The highest BCUT2D eigenvalue weighted by Crippen LogP contribution is 2.43. The number of alkyl halides is 3. The number of hydrogen-bond donors (Lipinski definition) is 1. The van der Waals surface area contributed by atoms with Gasteiger partial charge in [0.05, 0.1) is 16.6 Å². The molecule has 7 heteroatoms. The van der Waals surface area contributed by atoms with Gasteiger partial charge in [0.2, 0.25) is 0 Å². The second-order valence-electron chi connectivity index (χ2n) is 6.16. The van der Waals surface area contributed by atoms with Crippen molar-refractivity contribution in [3.63, 3.8) is 0 Å². The Morgan fingerprint density at radius 2 is 1.93 bits per heavy atom. The highest BCUT2D eigenvalue weighted by Gasteiger charge is 2.37. The minimum atomic E-state index is -4.60. The molecular weight excluding hydrogens is 441 g/mol. The Morgan fingerprint density at radius 3 is 2.59 bits per heavy atom. The molecule has 2 nitrogen and oxygen atoms in total. The van der Waals surface area contributed by atoms with Crippen LogP contribution in [0.5, 0.6) is 5.75 Å². The molecular formula is C20H18BrF3O2S. The third-order valence-electron chi connectivity index (χ3n) is 4.17. The Hall–Kier alpha value is -1.57. The minimum absolute atomic E-state index is 0.128. The summed E-state index contributed by atoms with van der Waals surface area (Å²) in [6.07, 6.45) is -4.34. The number of ether oxygens (including phenoxy) is 1. The summed E-state index contributed by atoms with van der Waals surface area (Å²) in [5, 5.41) is 11.6. The van der Waals surface area contributed by atoms with Crippen molar-refractivity contribution in [3.8, 4) is 5.75 Å². The first-order valence-corrected chi connectivity index (χ1v) is 10.1. The third kappa shape index (κ3) is 4.47. The van der Waals surface area contributed by atoms with Crippen molar-refractivity contribution in [2.24, 2.45) is 0 Å².